The Morgan fingerprint density at radius 2 is 1.97 bits per heavy atom. The Balaban J connectivity index is 1.23. The van der Waals surface area contributed by atoms with Crippen molar-refractivity contribution in [1.29, 1.82) is 0 Å². The molecule has 2 spiro atoms. The highest BCUT2D eigenvalue weighted by Gasteiger charge is 2.69. The Morgan fingerprint density at radius 1 is 1.18 bits per heavy atom. The van der Waals surface area contributed by atoms with Crippen LogP contribution in [0.25, 0.3) is 0 Å². The van der Waals surface area contributed by atoms with E-state index in [0.717, 1.165) is 38.0 Å². The van der Waals surface area contributed by atoms with Gasteiger partial charge in [0.2, 0.25) is 0 Å². The molecule has 8 heteroatoms. The molecule has 39 heavy (non-hydrogen) atoms. The van der Waals surface area contributed by atoms with Crippen LogP contribution in [-0.4, -0.2) is 61.6 Å². The van der Waals surface area contributed by atoms with Crippen LogP contribution < -0.4 is 9.47 Å². The highest BCUT2D eigenvalue weighted by atomic mass is 35.5. The lowest BCUT2D eigenvalue weighted by Gasteiger charge is -2.44. The quantitative estimate of drug-likeness (QED) is 0.380. The van der Waals surface area contributed by atoms with Gasteiger partial charge in [0.25, 0.3) is 0 Å². The number of halogens is 1. The van der Waals surface area contributed by atoms with Crippen LogP contribution in [0.5, 0.6) is 11.5 Å². The van der Waals surface area contributed by atoms with Crippen molar-refractivity contribution in [2.24, 2.45) is 0 Å². The number of hydrogen-bond acceptors (Lipinski definition) is 6. The van der Waals surface area contributed by atoms with E-state index in [1.807, 2.05) is 30.3 Å². The average molecular weight is 549 g/mol. The van der Waals surface area contributed by atoms with Crippen LogP contribution in [0.1, 0.15) is 55.2 Å². The van der Waals surface area contributed by atoms with Gasteiger partial charge in [-0.2, -0.15) is 0 Å². The number of nitrogens with zero attached hydrogens (tertiary/aromatic N) is 2. The second-order valence-corrected chi connectivity index (χ2v) is 12.2. The van der Waals surface area contributed by atoms with Crippen molar-refractivity contribution in [3.63, 3.8) is 0 Å². The summed E-state index contributed by atoms with van der Waals surface area (Å²) in [4.78, 5) is 31.3. The lowest BCUT2D eigenvalue weighted by Crippen LogP contribution is -2.56. The SMILES string of the molecule is COc1ccc2c3c1O[C@H]1[C@@H](OC(=O)N(C)C4(c5ccccc5Cl)CCCCC4=O)C=CC[C@@]31CC21CN1C. The number of Topliss-reactive ketones (excluding diaryl/α,β-unsaturated/α-hetero) is 1. The molecule has 7 nitrogen and oxygen atoms in total. The molecule has 2 aliphatic heterocycles. The zero-order valence-corrected chi connectivity index (χ0v) is 23.3. The number of carbonyl (C=O) groups is 2. The zero-order valence-electron chi connectivity index (χ0n) is 22.5. The summed E-state index contributed by atoms with van der Waals surface area (Å²) in [5.41, 5.74) is 1.69. The number of rotatable bonds is 4. The normalized spacial score (nSPS) is 35.3. The number of hydrogen-bond donors (Lipinski definition) is 0. The number of carbonyl (C=O) groups excluding carboxylic acids is 2. The minimum Gasteiger partial charge on any atom is -0.493 e. The molecule has 3 aliphatic carbocycles. The van der Waals surface area contributed by atoms with Crippen molar-refractivity contribution in [1.82, 2.24) is 9.80 Å². The minimum absolute atomic E-state index is 0.00243. The van der Waals surface area contributed by atoms with E-state index in [9.17, 15) is 9.59 Å². The molecule has 3 unspecified atom stereocenters. The van der Waals surface area contributed by atoms with Gasteiger partial charge in [-0.25, -0.2) is 4.79 Å². The molecule has 2 aromatic carbocycles. The zero-order chi connectivity index (χ0) is 27.2. The van der Waals surface area contributed by atoms with Crippen molar-refractivity contribution in [3.05, 3.63) is 70.3 Å². The largest absolute Gasteiger partial charge is 0.493 e. The average Bonchev–Trinajstić information content (AvgIpc) is 3.31. The van der Waals surface area contributed by atoms with Gasteiger partial charge >= 0.3 is 6.09 Å². The number of benzene rings is 2. The van der Waals surface area contributed by atoms with Gasteiger partial charge in [0.05, 0.1) is 12.6 Å². The number of fused-ring (bicyclic) bond motifs is 1. The van der Waals surface area contributed by atoms with Crippen LogP contribution >= 0.6 is 11.6 Å². The first kappa shape index (κ1) is 25.0. The van der Waals surface area contributed by atoms with Crippen LogP contribution in [0.15, 0.2) is 48.6 Å². The lowest BCUT2D eigenvalue weighted by molar-refractivity contribution is -0.133. The summed E-state index contributed by atoms with van der Waals surface area (Å²) < 4.78 is 18.6. The first-order valence-corrected chi connectivity index (χ1v) is 14.2. The molecule has 0 aromatic heterocycles. The molecular weight excluding hydrogens is 516 g/mol. The summed E-state index contributed by atoms with van der Waals surface area (Å²) in [6.07, 6.45) is 6.76. The highest BCUT2D eigenvalue weighted by Crippen LogP contribution is 2.68. The van der Waals surface area contributed by atoms with E-state index in [4.69, 9.17) is 25.8 Å². The van der Waals surface area contributed by atoms with Crippen molar-refractivity contribution in [3.8, 4) is 11.5 Å². The van der Waals surface area contributed by atoms with Gasteiger partial charge < -0.3 is 14.2 Å². The van der Waals surface area contributed by atoms with Crippen molar-refractivity contribution >= 4 is 23.5 Å². The van der Waals surface area contributed by atoms with E-state index in [2.05, 4.69) is 24.1 Å². The number of allylic oxidation sites excluding steroid dienone is 1. The summed E-state index contributed by atoms with van der Waals surface area (Å²) in [5, 5.41) is 0.475. The Bertz CT molecular complexity index is 1430. The minimum atomic E-state index is -1.16. The summed E-state index contributed by atoms with van der Waals surface area (Å²) in [6, 6.07) is 11.5. The molecule has 5 aliphatic rings. The predicted molar refractivity (Wildman–Crippen MR) is 146 cm³/mol. The summed E-state index contributed by atoms with van der Waals surface area (Å²) in [7, 11) is 5.47. The second-order valence-electron chi connectivity index (χ2n) is 11.8. The molecule has 1 amide bonds. The number of methoxy groups -OCH3 is 1. The fourth-order valence-corrected chi connectivity index (χ4v) is 8.31. The summed E-state index contributed by atoms with van der Waals surface area (Å²) in [6.45, 7) is 1.000. The van der Waals surface area contributed by atoms with E-state index in [1.165, 1.54) is 16.0 Å². The Morgan fingerprint density at radius 3 is 2.69 bits per heavy atom. The monoisotopic (exact) mass is 548 g/mol. The molecule has 0 bridgehead atoms. The Labute approximate surface area is 233 Å². The summed E-state index contributed by atoms with van der Waals surface area (Å²) in [5.74, 6) is 1.46. The van der Waals surface area contributed by atoms with Crippen molar-refractivity contribution < 1.29 is 23.8 Å². The number of ketones is 1. The third-order valence-electron chi connectivity index (χ3n) is 10.0. The topological polar surface area (TPSA) is 68.1 Å². The molecule has 2 aromatic rings. The molecule has 7 rings (SSSR count). The van der Waals surface area contributed by atoms with E-state index < -0.39 is 17.7 Å². The van der Waals surface area contributed by atoms with Crippen LogP contribution in [0.3, 0.4) is 0 Å². The molecule has 204 valence electrons. The fraction of sp³-hybridized carbons (Fsp3) is 0.484. The third-order valence-corrected chi connectivity index (χ3v) is 10.4. The maximum Gasteiger partial charge on any atom is 0.411 e. The molecule has 1 saturated carbocycles. The van der Waals surface area contributed by atoms with Gasteiger partial charge in [-0.1, -0.05) is 41.9 Å². The highest BCUT2D eigenvalue weighted by molar-refractivity contribution is 6.31. The predicted octanol–water partition coefficient (Wildman–Crippen LogP) is 5.33. The number of amides is 1. The second kappa shape index (κ2) is 8.48. The van der Waals surface area contributed by atoms with E-state index >= 15 is 0 Å². The first-order chi connectivity index (χ1) is 18.8. The van der Waals surface area contributed by atoms with Gasteiger partial charge in [0.15, 0.2) is 23.4 Å². The van der Waals surface area contributed by atoms with Crippen LogP contribution in [0.2, 0.25) is 5.02 Å². The Kier molecular flexibility index (Phi) is 5.43. The van der Waals surface area contributed by atoms with E-state index in [1.54, 1.807) is 20.2 Å². The van der Waals surface area contributed by atoms with Crippen LogP contribution in [0, 0.1) is 0 Å². The van der Waals surface area contributed by atoms with Crippen molar-refractivity contribution in [2.45, 2.75) is 67.2 Å². The molecule has 2 heterocycles. The molecule has 6 atom stereocenters. The van der Waals surface area contributed by atoms with Gasteiger partial charge in [0.1, 0.15) is 11.6 Å². The molecule has 0 N–H and O–H groups in total. The number of likely N-dealkylation sites (N-methyl/N-ethyl adjacent to an activating group) is 2. The Hall–Kier alpha value is -3.03. The lowest BCUT2D eigenvalue weighted by atomic mass is 9.70. The molecule has 1 saturated heterocycles. The van der Waals surface area contributed by atoms with Gasteiger partial charge in [-0.15, -0.1) is 0 Å². The molecular formula is C31H33ClN2O5. The fourth-order valence-electron chi connectivity index (χ4n) is 8.02. The van der Waals surface area contributed by atoms with E-state index in [0.29, 0.717) is 29.2 Å². The smallest absolute Gasteiger partial charge is 0.411 e. The first-order valence-electron chi connectivity index (χ1n) is 13.8. The van der Waals surface area contributed by atoms with Gasteiger partial charge in [-0.3, -0.25) is 14.6 Å². The van der Waals surface area contributed by atoms with Crippen molar-refractivity contribution in [2.75, 3.05) is 27.7 Å². The molecule has 0 radical (unpaired) electrons. The molecule has 2 fully saturated rings. The van der Waals surface area contributed by atoms with Gasteiger partial charge in [0, 0.05) is 41.6 Å². The third kappa shape index (κ3) is 3.20. The number of ether oxygens (including phenoxy) is 3. The van der Waals surface area contributed by atoms with Gasteiger partial charge in [-0.05, 0) is 62.9 Å². The standard InChI is InChI=1S/C31H33ClN2O5/c1-33-18-30(33)17-29-15-8-11-23(27(29)39-26-22(37-3)14-13-20(30)25(26)29)38-28(36)34(2)31(16-7-6-12-24(31)35)19-9-4-5-10-21(19)32/h4-5,8-11,13-14,23,27H,6-7,12,15-18H2,1-3H3/t23-,27-,29+,30?,31?,33?/m0/s1. The summed E-state index contributed by atoms with van der Waals surface area (Å²) >= 11 is 6.62. The van der Waals surface area contributed by atoms with Crippen LogP contribution in [-0.2, 0) is 26.0 Å². The maximum atomic E-state index is 13.9. The van der Waals surface area contributed by atoms with Crippen LogP contribution in [0.4, 0.5) is 4.79 Å². The maximum absolute atomic E-state index is 13.9. The van der Waals surface area contributed by atoms with E-state index in [-0.39, 0.29) is 22.8 Å².